The van der Waals surface area contributed by atoms with E-state index in [1.807, 2.05) is 13.8 Å². The van der Waals surface area contributed by atoms with Crippen LogP contribution in [0.2, 0.25) is 0 Å². The second-order valence-electron chi connectivity index (χ2n) is 3.46. The largest absolute Gasteiger partial charge is 0.465 e. The number of carbonyl (C=O) groups is 2. The van der Waals surface area contributed by atoms with Crippen molar-refractivity contribution in [1.82, 2.24) is 0 Å². The van der Waals surface area contributed by atoms with Crippen LogP contribution in [0.15, 0.2) is 0 Å². The summed E-state index contributed by atoms with van der Waals surface area (Å²) in [6, 6.07) is 0. The highest BCUT2D eigenvalue weighted by Gasteiger charge is 2.09. The number of hydrogen-bond acceptors (Lipinski definition) is 5. The average molecular weight is 216 g/mol. The molecular formula is C9H16N2O4. The summed E-state index contributed by atoms with van der Waals surface area (Å²) >= 11 is 0. The second-order valence-corrected chi connectivity index (χ2v) is 3.46. The molecule has 6 heteroatoms. The van der Waals surface area contributed by atoms with Gasteiger partial charge in [0.1, 0.15) is 6.61 Å². The Morgan fingerprint density at radius 3 is 2.40 bits per heavy atom. The fourth-order valence-corrected chi connectivity index (χ4v) is 0.694. The lowest BCUT2D eigenvalue weighted by atomic mass is 10.2. The van der Waals surface area contributed by atoms with Crippen LogP contribution < -0.4 is 5.73 Å². The molecule has 1 amide bonds. The van der Waals surface area contributed by atoms with Crippen LogP contribution in [-0.4, -0.2) is 31.0 Å². The number of rotatable bonds is 6. The number of ether oxygens (including phenoxy) is 2. The van der Waals surface area contributed by atoms with Gasteiger partial charge in [-0.2, -0.15) is 0 Å². The first kappa shape index (κ1) is 13.4. The topological polar surface area (TPSA) is 102 Å². The van der Waals surface area contributed by atoms with E-state index in [2.05, 4.69) is 4.74 Å². The summed E-state index contributed by atoms with van der Waals surface area (Å²) in [6.45, 7) is 3.87. The van der Waals surface area contributed by atoms with Crippen LogP contribution in [-0.2, 0) is 14.3 Å². The number of nitrogens with one attached hydrogen (secondary N) is 1. The third kappa shape index (κ3) is 8.73. The molecule has 0 fully saturated rings. The lowest BCUT2D eigenvalue weighted by molar-refractivity contribution is -0.143. The quantitative estimate of drug-likeness (QED) is 0.503. The molecule has 0 radical (unpaired) electrons. The highest BCUT2D eigenvalue weighted by atomic mass is 16.5. The Hall–Kier alpha value is -1.59. The number of primary amides is 1. The van der Waals surface area contributed by atoms with Crippen LogP contribution in [0, 0.1) is 11.3 Å². The lowest BCUT2D eigenvalue weighted by Crippen LogP contribution is -2.21. The van der Waals surface area contributed by atoms with E-state index in [1.165, 1.54) is 0 Å². The molecule has 0 aliphatic rings. The van der Waals surface area contributed by atoms with Crippen molar-refractivity contribution in [3.63, 3.8) is 0 Å². The standard InChI is InChI=1S/C9H16N2O4/c1-6(2)4-14-8(12)3-7(10)5-15-9(11)13/h6,10H,3-5H2,1-2H3,(H2,11,13). The molecule has 0 aliphatic carbocycles. The van der Waals surface area contributed by atoms with Crippen molar-refractivity contribution < 1.29 is 19.1 Å². The van der Waals surface area contributed by atoms with Crippen molar-refractivity contribution in [2.45, 2.75) is 20.3 Å². The maximum absolute atomic E-state index is 11.1. The smallest absolute Gasteiger partial charge is 0.404 e. The van der Waals surface area contributed by atoms with Crippen LogP contribution in [0.4, 0.5) is 4.79 Å². The summed E-state index contributed by atoms with van der Waals surface area (Å²) < 4.78 is 9.17. The Bertz CT molecular complexity index is 250. The van der Waals surface area contributed by atoms with E-state index in [0.717, 1.165) is 0 Å². The van der Waals surface area contributed by atoms with Gasteiger partial charge in [-0.15, -0.1) is 0 Å². The Morgan fingerprint density at radius 2 is 1.93 bits per heavy atom. The van der Waals surface area contributed by atoms with E-state index >= 15 is 0 Å². The van der Waals surface area contributed by atoms with Crippen LogP contribution >= 0.6 is 0 Å². The Kier molecular flexibility index (Phi) is 6.08. The van der Waals surface area contributed by atoms with Crippen molar-refractivity contribution in [1.29, 1.82) is 5.41 Å². The predicted octanol–water partition coefficient (Wildman–Crippen LogP) is 0.691. The van der Waals surface area contributed by atoms with Crippen molar-refractivity contribution in [2.75, 3.05) is 13.2 Å². The first-order valence-electron chi connectivity index (χ1n) is 4.56. The molecule has 0 saturated carbocycles. The molecule has 0 aromatic carbocycles. The molecule has 86 valence electrons. The molecule has 6 nitrogen and oxygen atoms in total. The molecule has 0 saturated heterocycles. The third-order valence-corrected chi connectivity index (χ3v) is 1.32. The van der Waals surface area contributed by atoms with E-state index in [9.17, 15) is 9.59 Å². The molecule has 0 aromatic heterocycles. The molecule has 0 aliphatic heterocycles. The zero-order chi connectivity index (χ0) is 11.8. The average Bonchev–Trinajstić information content (AvgIpc) is 2.11. The molecule has 15 heavy (non-hydrogen) atoms. The van der Waals surface area contributed by atoms with Crippen LogP contribution in [0.5, 0.6) is 0 Å². The molecule has 3 N–H and O–H groups in total. The minimum atomic E-state index is -0.963. The monoisotopic (exact) mass is 216 g/mol. The van der Waals surface area contributed by atoms with Gasteiger partial charge in [-0.05, 0) is 5.92 Å². The van der Waals surface area contributed by atoms with Gasteiger partial charge in [0.05, 0.1) is 18.7 Å². The van der Waals surface area contributed by atoms with Gasteiger partial charge >= 0.3 is 12.1 Å². The second kappa shape index (κ2) is 6.80. The summed E-state index contributed by atoms with van der Waals surface area (Å²) in [5.41, 5.74) is 4.66. The van der Waals surface area contributed by atoms with Crippen LogP contribution in [0.25, 0.3) is 0 Å². The predicted molar refractivity (Wildman–Crippen MR) is 53.7 cm³/mol. The Morgan fingerprint density at radius 1 is 1.33 bits per heavy atom. The fraction of sp³-hybridized carbons (Fsp3) is 0.667. The van der Waals surface area contributed by atoms with Gasteiger partial charge in [-0.3, -0.25) is 4.79 Å². The van der Waals surface area contributed by atoms with Crippen molar-refractivity contribution in [3.8, 4) is 0 Å². The third-order valence-electron chi connectivity index (χ3n) is 1.32. The van der Waals surface area contributed by atoms with E-state index < -0.39 is 12.1 Å². The van der Waals surface area contributed by atoms with Gasteiger partial charge in [0.15, 0.2) is 0 Å². The molecule has 0 spiro atoms. The highest BCUT2D eigenvalue weighted by Crippen LogP contribution is 1.96. The fourth-order valence-electron chi connectivity index (χ4n) is 0.694. The summed E-state index contributed by atoms with van der Waals surface area (Å²) in [5, 5.41) is 7.26. The summed E-state index contributed by atoms with van der Waals surface area (Å²) in [4.78, 5) is 21.3. The molecule has 0 unspecified atom stereocenters. The highest BCUT2D eigenvalue weighted by molar-refractivity contribution is 5.98. The molecule has 0 aromatic rings. The Labute approximate surface area is 88.2 Å². The van der Waals surface area contributed by atoms with Crippen LogP contribution in [0.3, 0.4) is 0 Å². The molecule has 0 bridgehead atoms. The van der Waals surface area contributed by atoms with Gasteiger partial charge in [-0.1, -0.05) is 13.8 Å². The van der Waals surface area contributed by atoms with Crippen molar-refractivity contribution >= 4 is 17.8 Å². The van der Waals surface area contributed by atoms with Crippen molar-refractivity contribution in [3.05, 3.63) is 0 Å². The zero-order valence-electron chi connectivity index (χ0n) is 8.91. The summed E-state index contributed by atoms with van der Waals surface area (Å²) in [5.74, 6) is -0.244. The first-order chi connectivity index (χ1) is 6.91. The number of amides is 1. The van der Waals surface area contributed by atoms with E-state index in [-0.39, 0.29) is 24.7 Å². The van der Waals surface area contributed by atoms with Gasteiger partial charge in [0, 0.05) is 0 Å². The normalized spacial score (nSPS) is 9.80. The number of hydrogen-bond donors (Lipinski definition) is 2. The molecule has 0 heterocycles. The number of nitrogens with two attached hydrogens (primary N) is 1. The van der Waals surface area contributed by atoms with Gasteiger partial charge < -0.3 is 20.6 Å². The maximum atomic E-state index is 11.1. The molecule has 0 atom stereocenters. The first-order valence-corrected chi connectivity index (χ1v) is 4.56. The minimum absolute atomic E-state index is 0.0393. The van der Waals surface area contributed by atoms with Gasteiger partial charge in [-0.25, -0.2) is 4.79 Å². The van der Waals surface area contributed by atoms with E-state index in [4.69, 9.17) is 15.9 Å². The zero-order valence-corrected chi connectivity index (χ0v) is 8.91. The summed E-state index contributed by atoms with van der Waals surface area (Å²) in [7, 11) is 0. The molecule has 0 rings (SSSR count). The SMILES string of the molecule is CC(C)COC(=O)CC(=N)COC(N)=O. The van der Waals surface area contributed by atoms with E-state index in [0.29, 0.717) is 6.61 Å². The van der Waals surface area contributed by atoms with Crippen molar-refractivity contribution in [2.24, 2.45) is 11.7 Å². The Balaban J connectivity index is 3.67. The number of esters is 1. The lowest BCUT2D eigenvalue weighted by Gasteiger charge is -2.07. The van der Waals surface area contributed by atoms with Crippen LogP contribution in [0.1, 0.15) is 20.3 Å². The molecular weight excluding hydrogens is 200 g/mol. The summed E-state index contributed by atoms with van der Waals surface area (Å²) in [6.07, 6.45) is -1.14. The van der Waals surface area contributed by atoms with Gasteiger partial charge in [0.25, 0.3) is 0 Å². The maximum Gasteiger partial charge on any atom is 0.404 e. The minimum Gasteiger partial charge on any atom is -0.465 e. The van der Waals surface area contributed by atoms with Gasteiger partial charge in [0.2, 0.25) is 0 Å². The number of carbonyl (C=O) groups excluding carboxylic acids is 2. The van der Waals surface area contributed by atoms with E-state index in [1.54, 1.807) is 0 Å².